The van der Waals surface area contributed by atoms with E-state index in [2.05, 4.69) is 18.9 Å². The number of nitrogens with two attached hydrogens (primary N) is 1. The zero-order chi connectivity index (χ0) is 15.4. The molecule has 0 saturated carbocycles. The minimum atomic E-state index is -0.521. The Kier molecular flexibility index (Phi) is 5.31. The summed E-state index contributed by atoms with van der Waals surface area (Å²) in [4.78, 5) is 17.4. The van der Waals surface area contributed by atoms with Crippen molar-refractivity contribution < 1.29 is 4.79 Å². The minimum absolute atomic E-state index is 0.0245. The molecular formula is C16H23N3OS. The van der Waals surface area contributed by atoms with Gasteiger partial charge in [-0.05, 0) is 32.5 Å². The van der Waals surface area contributed by atoms with Crippen LogP contribution in [0.15, 0.2) is 30.3 Å². The SMILES string of the molecule is CC1CN(C)CCCN1C(=O)C(C(N)=S)c1ccccc1. The van der Waals surface area contributed by atoms with Crippen LogP contribution in [-0.2, 0) is 4.79 Å². The van der Waals surface area contributed by atoms with Crippen molar-refractivity contribution in [2.45, 2.75) is 25.3 Å². The zero-order valence-electron chi connectivity index (χ0n) is 12.7. The van der Waals surface area contributed by atoms with Gasteiger partial charge in [-0.3, -0.25) is 4.79 Å². The van der Waals surface area contributed by atoms with E-state index in [-0.39, 0.29) is 16.9 Å². The van der Waals surface area contributed by atoms with Gasteiger partial charge in [0.25, 0.3) is 0 Å². The Bertz CT molecular complexity index is 506. The fourth-order valence-electron chi connectivity index (χ4n) is 2.94. The van der Waals surface area contributed by atoms with E-state index in [1.165, 1.54) is 0 Å². The quantitative estimate of drug-likeness (QED) is 0.862. The highest BCUT2D eigenvalue weighted by molar-refractivity contribution is 7.80. The largest absolute Gasteiger partial charge is 0.392 e. The average molecular weight is 305 g/mol. The summed E-state index contributed by atoms with van der Waals surface area (Å²) in [5.41, 5.74) is 6.74. The third-order valence-corrected chi connectivity index (χ3v) is 4.23. The summed E-state index contributed by atoms with van der Waals surface area (Å²) in [5.74, 6) is -0.497. The first-order valence-corrected chi connectivity index (χ1v) is 7.75. The summed E-state index contributed by atoms with van der Waals surface area (Å²) in [6.45, 7) is 4.74. The van der Waals surface area contributed by atoms with Crippen LogP contribution in [0.4, 0.5) is 0 Å². The molecule has 1 heterocycles. The number of hydrogen-bond donors (Lipinski definition) is 1. The van der Waals surface area contributed by atoms with Crippen LogP contribution in [0.5, 0.6) is 0 Å². The lowest BCUT2D eigenvalue weighted by atomic mass is 9.97. The highest BCUT2D eigenvalue weighted by Gasteiger charge is 2.32. The van der Waals surface area contributed by atoms with E-state index in [1.54, 1.807) is 0 Å². The van der Waals surface area contributed by atoms with Gasteiger partial charge in [0, 0.05) is 19.1 Å². The number of amides is 1. The number of nitrogens with zero attached hydrogens (tertiary/aromatic N) is 2. The highest BCUT2D eigenvalue weighted by atomic mass is 32.1. The van der Waals surface area contributed by atoms with Crippen molar-refractivity contribution in [3.63, 3.8) is 0 Å². The first-order valence-electron chi connectivity index (χ1n) is 7.34. The van der Waals surface area contributed by atoms with Crippen molar-refractivity contribution >= 4 is 23.1 Å². The van der Waals surface area contributed by atoms with Gasteiger partial charge in [-0.25, -0.2) is 0 Å². The number of hydrogen-bond acceptors (Lipinski definition) is 3. The molecular weight excluding hydrogens is 282 g/mol. The summed E-state index contributed by atoms with van der Waals surface area (Å²) in [6.07, 6.45) is 0.978. The fourth-order valence-corrected chi connectivity index (χ4v) is 3.18. The molecule has 0 radical (unpaired) electrons. The van der Waals surface area contributed by atoms with Gasteiger partial charge in [0.15, 0.2) is 0 Å². The second-order valence-corrected chi connectivity index (χ2v) is 6.21. The molecule has 1 amide bonds. The molecule has 1 aromatic carbocycles. The van der Waals surface area contributed by atoms with E-state index in [9.17, 15) is 4.79 Å². The third-order valence-electron chi connectivity index (χ3n) is 3.99. The van der Waals surface area contributed by atoms with Gasteiger partial charge in [0.05, 0.1) is 4.99 Å². The predicted octanol–water partition coefficient (Wildman–Crippen LogP) is 1.61. The lowest BCUT2D eigenvalue weighted by Gasteiger charge is -2.31. The fraction of sp³-hybridized carbons (Fsp3) is 0.500. The van der Waals surface area contributed by atoms with Gasteiger partial charge in [-0.2, -0.15) is 0 Å². The lowest BCUT2D eigenvalue weighted by molar-refractivity contribution is -0.133. The van der Waals surface area contributed by atoms with Gasteiger partial charge in [-0.15, -0.1) is 0 Å². The van der Waals surface area contributed by atoms with Gasteiger partial charge in [-0.1, -0.05) is 42.5 Å². The third kappa shape index (κ3) is 3.80. The van der Waals surface area contributed by atoms with E-state index in [0.717, 1.165) is 31.6 Å². The lowest BCUT2D eigenvalue weighted by Crippen LogP contribution is -2.46. The van der Waals surface area contributed by atoms with Crippen LogP contribution in [0, 0.1) is 0 Å². The van der Waals surface area contributed by atoms with Crippen LogP contribution in [0.3, 0.4) is 0 Å². The van der Waals surface area contributed by atoms with Gasteiger partial charge < -0.3 is 15.5 Å². The van der Waals surface area contributed by atoms with Crippen LogP contribution in [0.2, 0.25) is 0 Å². The van der Waals surface area contributed by atoms with E-state index in [1.807, 2.05) is 35.2 Å². The number of rotatable bonds is 3. The van der Waals surface area contributed by atoms with Crippen molar-refractivity contribution in [1.82, 2.24) is 9.80 Å². The number of benzene rings is 1. The second-order valence-electron chi connectivity index (χ2n) is 5.74. The molecule has 21 heavy (non-hydrogen) atoms. The van der Waals surface area contributed by atoms with Crippen molar-refractivity contribution in [3.8, 4) is 0 Å². The first kappa shape index (κ1) is 15.9. The van der Waals surface area contributed by atoms with Crippen molar-refractivity contribution in [2.75, 3.05) is 26.7 Å². The highest BCUT2D eigenvalue weighted by Crippen LogP contribution is 2.22. The van der Waals surface area contributed by atoms with Crippen LogP contribution < -0.4 is 5.73 Å². The maximum absolute atomic E-state index is 12.9. The summed E-state index contributed by atoms with van der Waals surface area (Å²) in [6, 6.07) is 9.74. The predicted molar refractivity (Wildman–Crippen MR) is 89.3 cm³/mol. The van der Waals surface area contributed by atoms with E-state index in [4.69, 9.17) is 18.0 Å². The molecule has 1 fully saturated rings. The van der Waals surface area contributed by atoms with Crippen LogP contribution in [0.1, 0.15) is 24.8 Å². The smallest absolute Gasteiger partial charge is 0.237 e. The molecule has 1 aromatic rings. The molecule has 4 nitrogen and oxygen atoms in total. The molecule has 1 saturated heterocycles. The number of likely N-dealkylation sites (N-methyl/N-ethyl adjacent to an activating group) is 1. The van der Waals surface area contributed by atoms with E-state index >= 15 is 0 Å². The Morgan fingerprint density at radius 1 is 1.33 bits per heavy atom. The van der Waals surface area contributed by atoms with E-state index < -0.39 is 5.92 Å². The number of carbonyl (C=O) groups is 1. The molecule has 2 rings (SSSR count). The summed E-state index contributed by atoms with van der Waals surface area (Å²) < 4.78 is 0. The van der Waals surface area contributed by atoms with Crippen LogP contribution in [0.25, 0.3) is 0 Å². The molecule has 0 aliphatic carbocycles. The molecule has 5 heteroatoms. The number of carbonyl (C=O) groups excluding carboxylic acids is 1. The molecule has 2 unspecified atom stereocenters. The zero-order valence-corrected chi connectivity index (χ0v) is 13.5. The molecule has 1 aliphatic rings. The minimum Gasteiger partial charge on any atom is -0.392 e. The molecule has 0 spiro atoms. The van der Waals surface area contributed by atoms with Crippen molar-refractivity contribution in [2.24, 2.45) is 5.73 Å². The maximum atomic E-state index is 12.9. The van der Waals surface area contributed by atoms with Crippen molar-refractivity contribution in [1.29, 1.82) is 0 Å². The van der Waals surface area contributed by atoms with Gasteiger partial charge >= 0.3 is 0 Å². The number of thiocarbonyl (C=S) groups is 1. The van der Waals surface area contributed by atoms with E-state index in [0.29, 0.717) is 0 Å². The second kappa shape index (κ2) is 7.00. The standard InChI is InChI=1S/C16H23N3OS/c1-12-11-18(2)9-6-10-19(12)16(20)14(15(17)21)13-7-4-3-5-8-13/h3-5,7-8,12,14H,6,9-11H2,1-2H3,(H2,17,21). The average Bonchev–Trinajstić information content (AvgIpc) is 2.60. The van der Waals surface area contributed by atoms with Gasteiger partial charge in [0.1, 0.15) is 5.92 Å². The van der Waals surface area contributed by atoms with Crippen LogP contribution >= 0.6 is 12.2 Å². The van der Waals surface area contributed by atoms with Gasteiger partial charge in [0.2, 0.25) is 5.91 Å². The Hall–Kier alpha value is -1.46. The molecule has 0 bridgehead atoms. The topological polar surface area (TPSA) is 49.6 Å². The maximum Gasteiger partial charge on any atom is 0.237 e. The Morgan fingerprint density at radius 3 is 2.62 bits per heavy atom. The molecule has 2 atom stereocenters. The molecule has 1 aliphatic heterocycles. The summed E-state index contributed by atoms with van der Waals surface area (Å²) in [5, 5.41) is 0. The Balaban J connectivity index is 2.24. The first-order chi connectivity index (χ1) is 10.0. The summed E-state index contributed by atoms with van der Waals surface area (Å²) >= 11 is 5.16. The normalized spacial score (nSPS) is 21.6. The molecule has 2 N–H and O–H groups in total. The van der Waals surface area contributed by atoms with Crippen molar-refractivity contribution in [3.05, 3.63) is 35.9 Å². The molecule has 0 aromatic heterocycles. The summed E-state index contributed by atoms with van der Waals surface area (Å²) in [7, 11) is 2.09. The monoisotopic (exact) mass is 305 g/mol. The molecule has 114 valence electrons. The Labute approximate surface area is 131 Å². The Morgan fingerprint density at radius 2 is 2.00 bits per heavy atom. The van der Waals surface area contributed by atoms with Crippen LogP contribution in [-0.4, -0.2) is 53.4 Å².